The standard InChI is InChI=1S/C42H48N2/c1-8-11-15-36-28-32(6)42(33(7)29-36)44(38-22-18-35(10-3)19-23-38)40-26-24-39(25-27-40)43(37-20-16-34(9-2)17-21-37)41-30(4)13-12-14-31(41)5/h12-14,16-29H,8-11,15H2,1-7H3. The van der Waals surface area contributed by atoms with Crippen LogP contribution in [0, 0.1) is 27.7 Å². The van der Waals surface area contributed by atoms with Crippen molar-refractivity contribution in [3.8, 4) is 0 Å². The predicted molar refractivity (Wildman–Crippen MR) is 192 cm³/mol. The maximum Gasteiger partial charge on any atom is 0.0520 e. The number of benzene rings is 5. The van der Waals surface area contributed by atoms with Crippen molar-refractivity contribution in [3.63, 3.8) is 0 Å². The lowest BCUT2D eigenvalue weighted by Crippen LogP contribution is -2.15. The van der Waals surface area contributed by atoms with Crippen LogP contribution in [-0.4, -0.2) is 0 Å². The molecule has 0 fully saturated rings. The highest BCUT2D eigenvalue weighted by atomic mass is 15.2. The van der Waals surface area contributed by atoms with Gasteiger partial charge in [-0.2, -0.15) is 0 Å². The van der Waals surface area contributed by atoms with Crippen molar-refractivity contribution in [2.45, 2.75) is 80.6 Å². The second-order valence-corrected chi connectivity index (χ2v) is 12.1. The normalized spacial score (nSPS) is 11.1. The predicted octanol–water partition coefficient (Wildman–Crippen LogP) is 12.3. The molecule has 2 nitrogen and oxygen atoms in total. The van der Waals surface area contributed by atoms with Crippen molar-refractivity contribution in [1.82, 2.24) is 0 Å². The summed E-state index contributed by atoms with van der Waals surface area (Å²) in [6.45, 7) is 15.6. The Morgan fingerprint density at radius 3 is 1.16 bits per heavy atom. The largest absolute Gasteiger partial charge is 0.310 e. The van der Waals surface area contributed by atoms with E-state index in [1.807, 2.05) is 0 Å². The van der Waals surface area contributed by atoms with Crippen LogP contribution in [0.15, 0.2) is 103 Å². The zero-order chi connectivity index (χ0) is 31.2. The molecular weight excluding hydrogens is 532 g/mol. The van der Waals surface area contributed by atoms with Gasteiger partial charge in [0, 0.05) is 22.7 Å². The van der Waals surface area contributed by atoms with Gasteiger partial charge in [0.1, 0.15) is 0 Å². The monoisotopic (exact) mass is 580 g/mol. The van der Waals surface area contributed by atoms with Crippen LogP contribution in [0.3, 0.4) is 0 Å². The first-order valence-electron chi connectivity index (χ1n) is 16.4. The first-order valence-corrected chi connectivity index (χ1v) is 16.4. The molecular formula is C42H48N2. The van der Waals surface area contributed by atoms with Crippen molar-refractivity contribution < 1.29 is 0 Å². The lowest BCUT2D eigenvalue weighted by molar-refractivity contribution is 0.794. The van der Waals surface area contributed by atoms with E-state index in [0.717, 1.165) is 30.6 Å². The van der Waals surface area contributed by atoms with Crippen LogP contribution in [0.5, 0.6) is 0 Å². The van der Waals surface area contributed by atoms with Crippen molar-refractivity contribution in [2.75, 3.05) is 9.80 Å². The maximum atomic E-state index is 2.44. The van der Waals surface area contributed by atoms with E-state index >= 15 is 0 Å². The van der Waals surface area contributed by atoms with Crippen LogP contribution in [0.1, 0.15) is 72.6 Å². The number of unbranched alkanes of at least 4 members (excludes halogenated alkanes) is 1. The summed E-state index contributed by atoms with van der Waals surface area (Å²) < 4.78 is 0. The van der Waals surface area contributed by atoms with Gasteiger partial charge in [-0.25, -0.2) is 0 Å². The molecule has 0 heterocycles. The number of nitrogens with zero attached hydrogens (tertiary/aromatic N) is 2. The summed E-state index contributed by atoms with van der Waals surface area (Å²) in [5.74, 6) is 0. The van der Waals surface area contributed by atoms with Crippen LogP contribution in [0.2, 0.25) is 0 Å². The Morgan fingerprint density at radius 1 is 0.432 bits per heavy atom. The number of anilines is 6. The Morgan fingerprint density at radius 2 is 0.795 bits per heavy atom. The molecule has 2 heteroatoms. The van der Waals surface area contributed by atoms with Gasteiger partial charge in [0.15, 0.2) is 0 Å². The summed E-state index contributed by atoms with van der Waals surface area (Å²) in [5, 5.41) is 0. The van der Waals surface area contributed by atoms with Crippen molar-refractivity contribution in [1.29, 1.82) is 0 Å². The van der Waals surface area contributed by atoms with Crippen LogP contribution < -0.4 is 9.80 Å². The third-order valence-corrected chi connectivity index (χ3v) is 8.83. The fourth-order valence-corrected chi connectivity index (χ4v) is 6.41. The zero-order valence-corrected chi connectivity index (χ0v) is 27.7. The molecule has 0 aliphatic rings. The molecule has 0 saturated carbocycles. The lowest BCUT2D eigenvalue weighted by atomic mass is 9.98. The van der Waals surface area contributed by atoms with E-state index in [1.165, 1.54) is 74.5 Å². The van der Waals surface area contributed by atoms with E-state index < -0.39 is 0 Å². The highest BCUT2D eigenvalue weighted by Crippen LogP contribution is 2.43. The molecule has 0 atom stereocenters. The van der Waals surface area contributed by atoms with E-state index in [-0.39, 0.29) is 0 Å². The number of hydrogen-bond acceptors (Lipinski definition) is 2. The van der Waals surface area contributed by atoms with E-state index in [0.29, 0.717) is 0 Å². The molecule has 5 aromatic rings. The van der Waals surface area contributed by atoms with Crippen LogP contribution in [-0.2, 0) is 19.3 Å². The summed E-state index contributed by atoms with van der Waals surface area (Å²) >= 11 is 0. The molecule has 5 aromatic carbocycles. The van der Waals surface area contributed by atoms with Gasteiger partial charge < -0.3 is 9.80 Å². The molecule has 0 radical (unpaired) electrons. The third kappa shape index (κ3) is 6.60. The zero-order valence-electron chi connectivity index (χ0n) is 27.7. The second-order valence-electron chi connectivity index (χ2n) is 12.1. The van der Waals surface area contributed by atoms with Crippen molar-refractivity contribution in [2.24, 2.45) is 0 Å². The SMILES string of the molecule is CCCCc1cc(C)c(N(c2ccc(CC)cc2)c2ccc(N(c3ccc(CC)cc3)c3c(C)cccc3C)cc2)c(C)c1. The molecule has 0 N–H and O–H groups in total. The molecule has 0 spiro atoms. The smallest absolute Gasteiger partial charge is 0.0520 e. The maximum absolute atomic E-state index is 2.44. The molecule has 0 bridgehead atoms. The molecule has 0 aliphatic heterocycles. The molecule has 226 valence electrons. The summed E-state index contributed by atoms with van der Waals surface area (Å²) in [7, 11) is 0. The first-order chi connectivity index (χ1) is 21.3. The van der Waals surface area contributed by atoms with Gasteiger partial charge in [0.05, 0.1) is 11.4 Å². The van der Waals surface area contributed by atoms with E-state index in [1.54, 1.807) is 0 Å². The molecule has 0 aromatic heterocycles. The second kappa shape index (κ2) is 14.0. The average molecular weight is 581 g/mol. The number of aryl methyl sites for hydroxylation is 7. The molecule has 44 heavy (non-hydrogen) atoms. The van der Waals surface area contributed by atoms with Crippen LogP contribution in [0.25, 0.3) is 0 Å². The summed E-state index contributed by atoms with van der Waals surface area (Å²) in [5.41, 5.74) is 16.5. The van der Waals surface area contributed by atoms with Crippen LogP contribution in [0.4, 0.5) is 34.1 Å². The van der Waals surface area contributed by atoms with Gasteiger partial charge in [-0.1, -0.05) is 81.8 Å². The van der Waals surface area contributed by atoms with E-state index in [4.69, 9.17) is 0 Å². The highest BCUT2D eigenvalue weighted by molar-refractivity contribution is 5.84. The van der Waals surface area contributed by atoms with Gasteiger partial charge in [0.2, 0.25) is 0 Å². The molecule has 0 aliphatic carbocycles. The Balaban J connectivity index is 1.63. The van der Waals surface area contributed by atoms with Gasteiger partial charge in [-0.3, -0.25) is 0 Å². The van der Waals surface area contributed by atoms with Gasteiger partial charge >= 0.3 is 0 Å². The van der Waals surface area contributed by atoms with E-state index in [9.17, 15) is 0 Å². The molecule has 5 rings (SSSR count). The summed E-state index contributed by atoms with van der Waals surface area (Å²) in [6.07, 6.45) is 5.63. The topological polar surface area (TPSA) is 6.48 Å². The van der Waals surface area contributed by atoms with Gasteiger partial charge in [-0.05, 0) is 141 Å². The van der Waals surface area contributed by atoms with E-state index in [2.05, 4.69) is 161 Å². The molecule has 0 saturated heterocycles. The lowest BCUT2D eigenvalue weighted by Gasteiger charge is -2.31. The number of para-hydroxylation sites is 1. The van der Waals surface area contributed by atoms with Gasteiger partial charge in [0.25, 0.3) is 0 Å². The molecule has 0 unspecified atom stereocenters. The number of hydrogen-bond donors (Lipinski definition) is 0. The molecule has 0 amide bonds. The number of rotatable bonds is 11. The summed E-state index contributed by atoms with van der Waals surface area (Å²) in [4.78, 5) is 4.85. The Hall–Kier alpha value is -4.30. The fraction of sp³-hybridized carbons (Fsp3) is 0.286. The van der Waals surface area contributed by atoms with Crippen molar-refractivity contribution >= 4 is 34.1 Å². The minimum Gasteiger partial charge on any atom is -0.310 e. The average Bonchev–Trinajstić information content (AvgIpc) is 3.04. The highest BCUT2D eigenvalue weighted by Gasteiger charge is 2.20. The first kappa shape index (κ1) is 31.1. The van der Waals surface area contributed by atoms with Crippen LogP contribution >= 0.6 is 0 Å². The Bertz CT molecular complexity index is 1640. The summed E-state index contributed by atoms with van der Waals surface area (Å²) in [6, 6.07) is 38.6. The minimum atomic E-state index is 1.03. The third-order valence-electron chi connectivity index (χ3n) is 8.83. The minimum absolute atomic E-state index is 1.03. The quantitative estimate of drug-likeness (QED) is 0.153. The van der Waals surface area contributed by atoms with Gasteiger partial charge in [-0.15, -0.1) is 0 Å². The Kier molecular flexibility index (Phi) is 9.90. The van der Waals surface area contributed by atoms with Crippen molar-refractivity contribution in [3.05, 3.63) is 142 Å². The Labute approximate surface area is 266 Å². The fourth-order valence-electron chi connectivity index (χ4n) is 6.41.